The van der Waals surface area contributed by atoms with Gasteiger partial charge in [0.15, 0.2) is 0 Å². The molecule has 0 aliphatic heterocycles. The highest BCUT2D eigenvalue weighted by molar-refractivity contribution is 7.15. The van der Waals surface area contributed by atoms with Crippen LogP contribution in [0.3, 0.4) is 0 Å². The van der Waals surface area contributed by atoms with E-state index in [9.17, 15) is 37.0 Å². The maximum Gasteiger partial charge on any atom is 0.416 e. The van der Waals surface area contributed by atoms with Crippen molar-refractivity contribution in [2.45, 2.75) is 50.8 Å². The molecule has 37 heavy (non-hydrogen) atoms. The molecule has 0 saturated heterocycles. The van der Waals surface area contributed by atoms with Gasteiger partial charge in [-0.3, -0.25) is 4.79 Å². The highest BCUT2D eigenvalue weighted by Crippen LogP contribution is 2.43. The molecule has 1 fully saturated rings. The van der Waals surface area contributed by atoms with Gasteiger partial charge in [0.25, 0.3) is 6.43 Å². The van der Waals surface area contributed by atoms with Crippen molar-refractivity contribution in [2.75, 3.05) is 5.32 Å². The fourth-order valence-electron chi connectivity index (χ4n) is 4.38. The predicted molar refractivity (Wildman–Crippen MR) is 125 cm³/mol. The summed E-state index contributed by atoms with van der Waals surface area (Å²) >= 11 is 1.06. The quantitative estimate of drug-likeness (QED) is 0.297. The maximum atomic E-state index is 13.6. The minimum Gasteiger partial charge on any atom is -0.481 e. The third-order valence-electron chi connectivity index (χ3n) is 6.51. The van der Waals surface area contributed by atoms with Crippen LogP contribution in [0.1, 0.15) is 55.2 Å². The van der Waals surface area contributed by atoms with Gasteiger partial charge in [-0.2, -0.15) is 13.2 Å². The highest BCUT2D eigenvalue weighted by Gasteiger charge is 2.40. The Morgan fingerprint density at radius 2 is 1.81 bits per heavy atom. The van der Waals surface area contributed by atoms with E-state index in [1.165, 1.54) is 6.20 Å². The molecular weight excluding hydrogens is 519 g/mol. The lowest BCUT2D eigenvalue weighted by molar-refractivity contribution is -0.144. The number of aromatic nitrogens is 3. The van der Waals surface area contributed by atoms with Crippen molar-refractivity contribution in [3.05, 3.63) is 52.8 Å². The van der Waals surface area contributed by atoms with Crippen molar-refractivity contribution >= 4 is 28.9 Å². The Morgan fingerprint density at radius 1 is 1.11 bits per heavy atom. The lowest BCUT2D eigenvalue weighted by Crippen LogP contribution is -2.35. The zero-order valence-electron chi connectivity index (χ0n) is 19.5. The molecule has 3 aromatic rings. The van der Waals surface area contributed by atoms with Crippen LogP contribution in [-0.2, 0) is 16.6 Å². The Bertz CT molecular complexity index is 1270. The number of anilines is 2. The van der Waals surface area contributed by atoms with Crippen LogP contribution in [0.25, 0.3) is 10.6 Å². The van der Waals surface area contributed by atoms with Gasteiger partial charge in [0.05, 0.1) is 22.1 Å². The number of nitrogens with zero attached hydrogens (tertiary/aromatic N) is 3. The first-order valence-corrected chi connectivity index (χ1v) is 12.2. The maximum absolute atomic E-state index is 13.6. The van der Waals surface area contributed by atoms with Gasteiger partial charge in [-0.05, 0) is 62.8 Å². The number of carboxylic acid groups (broad SMARTS) is 1. The average Bonchev–Trinajstić information content (AvgIpc) is 3.35. The summed E-state index contributed by atoms with van der Waals surface area (Å²) < 4.78 is 66.3. The molecule has 1 unspecified atom stereocenters. The zero-order valence-corrected chi connectivity index (χ0v) is 20.3. The molecule has 3 heterocycles. The molecule has 4 rings (SSSR count). The predicted octanol–water partition coefficient (Wildman–Crippen LogP) is 6.40. The van der Waals surface area contributed by atoms with Gasteiger partial charge in [-0.25, -0.2) is 23.7 Å². The topological polar surface area (TPSA) is 108 Å². The van der Waals surface area contributed by atoms with Crippen molar-refractivity contribution in [2.24, 2.45) is 11.8 Å². The van der Waals surface area contributed by atoms with Crippen LogP contribution < -0.4 is 5.32 Å². The van der Waals surface area contributed by atoms with E-state index < -0.39 is 41.2 Å². The molecular formula is C24H23F5N4O3S. The van der Waals surface area contributed by atoms with Crippen LogP contribution in [0.15, 0.2) is 36.7 Å². The summed E-state index contributed by atoms with van der Waals surface area (Å²) in [7, 11) is 0. The summed E-state index contributed by atoms with van der Waals surface area (Å²) in [6.45, 7) is 1.59. The van der Waals surface area contributed by atoms with Gasteiger partial charge >= 0.3 is 12.1 Å². The van der Waals surface area contributed by atoms with E-state index in [1.54, 1.807) is 6.92 Å². The van der Waals surface area contributed by atoms with Crippen LogP contribution >= 0.6 is 11.3 Å². The van der Waals surface area contributed by atoms with Crippen LogP contribution in [-0.4, -0.2) is 31.1 Å². The van der Waals surface area contributed by atoms with E-state index in [0.717, 1.165) is 41.8 Å². The van der Waals surface area contributed by atoms with Crippen molar-refractivity contribution in [1.29, 1.82) is 0 Å². The third-order valence-corrected chi connectivity index (χ3v) is 7.75. The number of hydrogen-bond donors (Lipinski definition) is 3. The normalized spacial score (nSPS) is 20.0. The largest absolute Gasteiger partial charge is 0.481 e. The zero-order chi connectivity index (χ0) is 27.0. The van der Waals surface area contributed by atoms with E-state index in [4.69, 9.17) is 0 Å². The number of aliphatic hydroxyl groups is 1. The summed E-state index contributed by atoms with van der Waals surface area (Å²) in [5, 5.41) is 23.3. The number of nitrogens with one attached hydrogen (secondary N) is 1. The van der Waals surface area contributed by atoms with Crippen LogP contribution in [0, 0.1) is 11.8 Å². The number of hydrogen-bond acceptors (Lipinski definition) is 7. The summed E-state index contributed by atoms with van der Waals surface area (Å²) in [4.78, 5) is 24.0. The molecule has 0 amide bonds. The van der Waals surface area contributed by atoms with Crippen LogP contribution in [0.4, 0.5) is 33.6 Å². The van der Waals surface area contributed by atoms with E-state index in [0.29, 0.717) is 35.6 Å². The van der Waals surface area contributed by atoms with E-state index in [1.807, 2.05) is 0 Å². The highest BCUT2D eigenvalue weighted by atomic mass is 32.1. The van der Waals surface area contributed by atoms with Crippen LogP contribution in [0.5, 0.6) is 0 Å². The van der Waals surface area contributed by atoms with E-state index in [2.05, 4.69) is 20.3 Å². The lowest BCUT2D eigenvalue weighted by Gasteiger charge is -2.35. The van der Waals surface area contributed by atoms with Crippen molar-refractivity contribution in [3.63, 3.8) is 0 Å². The van der Waals surface area contributed by atoms with Crippen LogP contribution in [0.2, 0.25) is 0 Å². The second-order valence-electron chi connectivity index (χ2n) is 9.09. The molecule has 198 valence electrons. The molecule has 1 aliphatic rings. The summed E-state index contributed by atoms with van der Waals surface area (Å²) in [5.74, 6) is -1.88. The third kappa shape index (κ3) is 6.04. The van der Waals surface area contributed by atoms with Crippen molar-refractivity contribution < 1.29 is 37.0 Å². The molecule has 1 atom stereocenters. The van der Waals surface area contributed by atoms with Crippen molar-refractivity contribution in [3.8, 4) is 10.6 Å². The number of carboxylic acids is 1. The summed E-state index contributed by atoms with van der Waals surface area (Å²) in [5.41, 5.74) is -2.63. The molecule has 0 bridgehead atoms. The van der Waals surface area contributed by atoms with E-state index in [-0.39, 0.29) is 23.2 Å². The number of aliphatic carboxylic acids is 1. The van der Waals surface area contributed by atoms with Gasteiger partial charge in [-0.1, -0.05) is 0 Å². The fraction of sp³-hybridized carbons (Fsp3) is 0.417. The van der Waals surface area contributed by atoms with Gasteiger partial charge < -0.3 is 15.5 Å². The number of rotatable bonds is 7. The first-order valence-electron chi connectivity index (χ1n) is 11.4. The summed E-state index contributed by atoms with van der Waals surface area (Å²) in [6, 6.07) is 3.71. The molecule has 0 radical (unpaired) electrons. The average molecular weight is 543 g/mol. The first-order chi connectivity index (χ1) is 17.3. The molecule has 0 aromatic carbocycles. The fourth-order valence-corrected chi connectivity index (χ4v) is 5.38. The number of pyridine rings is 2. The van der Waals surface area contributed by atoms with Crippen molar-refractivity contribution in [1.82, 2.24) is 15.0 Å². The smallest absolute Gasteiger partial charge is 0.416 e. The molecule has 3 aromatic heterocycles. The SMILES string of the molecule is CC(O)(c1ncc(-c2cc(C(F)F)cc(Nc3cc(C(F)(F)F)ccn3)n2)s1)C1CCC(C(=O)O)CC1. The lowest BCUT2D eigenvalue weighted by atomic mass is 9.74. The molecule has 3 N–H and O–H groups in total. The van der Waals surface area contributed by atoms with Gasteiger partial charge in [0.2, 0.25) is 0 Å². The summed E-state index contributed by atoms with van der Waals surface area (Å²) in [6.07, 6.45) is -3.28. The minimum absolute atomic E-state index is 0.0985. The van der Waals surface area contributed by atoms with E-state index >= 15 is 0 Å². The number of alkyl halides is 5. The Balaban J connectivity index is 1.60. The Labute approximate surface area is 212 Å². The molecule has 1 aliphatic carbocycles. The Morgan fingerprint density at radius 3 is 2.43 bits per heavy atom. The Kier molecular flexibility index (Phi) is 7.47. The van der Waals surface area contributed by atoms with Gasteiger partial charge in [0.1, 0.15) is 22.2 Å². The first kappa shape index (κ1) is 26.9. The Hall–Kier alpha value is -3.19. The van der Waals surface area contributed by atoms with Gasteiger partial charge in [-0.15, -0.1) is 11.3 Å². The standard InChI is InChI=1S/C24H23F5N4O3S/c1-23(36,14-4-2-12(3-5-14)21(34)35)22-31-11-17(37-22)16-8-13(20(25)26)9-19(32-16)33-18-10-15(6-7-30-18)24(27,28)29/h6-12,14,20,36H,2-5H2,1H3,(H,34,35)(H,30,32,33). The molecule has 13 heteroatoms. The number of carbonyl (C=O) groups is 1. The monoisotopic (exact) mass is 542 g/mol. The second kappa shape index (κ2) is 10.3. The van der Waals surface area contributed by atoms with Gasteiger partial charge in [0, 0.05) is 18.0 Å². The minimum atomic E-state index is -4.61. The number of halogens is 5. The molecule has 1 saturated carbocycles. The molecule has 0 spiro atoms. The number of thiazole rings is 1. The second-order valence-corrected chi connectivity index (χ2v) is 10.1. The molecule has 7 nitrogen and oxygen atoms in total.